The summed E-state index contributed by atoms with van der Waals surface area (Å²) in [5.41, 5.74) is 0. The number of nitrogens with zero attached hydrogens (tertiary/aromatic N) is 3. The van der Waals surface area contributed by atoms with E-state index >= 15 is 0 Å². The van der Waals surface area contributed by atoms with E-state index in [0.717, 1.165) is 18.2 Å². The molecule has 1 aliphatic carbocycles. The Labute approximate surface area is 125 Å². The van der Waals surface area contributed by atoms with Gasteiger partial charge in [0.15, 0.2) is 0 Å². The molecule has 2 aliphatic rings. The van der Waals surface area contributed by atoms with Crippen LogP contribution in [0.15, 0.2) is 6.07 Å². The van der Waals surface area contributed by atoms with E-state index in [0.29, 0.717) is 17.0 Å². The molecule has 4 nitrogen and oxygen atoms in total. The van der Waals surface area contributed by atoms with Gasteiger partial charge >= 0.3 is 0 Å². The Balaban J connectivity index is 1.51. The quantitative estimate of drug-likeness (QED) is 0.818. The van der Waals surface area contributed by atoms with Gasteiger partial charge in [0.1, 0.15) is 16.8 Å². The first kappa shape index (κ1) is 14.1. The summed E-state index contributed by atoms with van der Waals surface area (Å²) >= 11 is 6.08. The van der Waals surface area contributed by atoms with Gasteiger partial charge in [-0.3, -0.25) is 0 Å². The van der Waals surface area contributed by atoms with Crippen molar-refractivity contribution in [3.8, 4) is 0 Å². The molecule has 1 aromatic heterocycles. The molecule has 1 aromatic rings. The highest BCUT2D eigenvalue weighted by atomic mass is 35.5. The summed E-state index contributed by atoms with van der Waals surface area (Å²) in [6, 6.07) is 1.83. The molecule has 5 heteroatoms. The van der Waals surface area contributed by atoms with Gasteiger partial charge < -0.3 is 10.2 Å². The van der Waals surface area contributed by atoms with Gasteiger partial charge in [-0.25, -0.2) is 9.97 Å². The van der Waals surface area contributed by atoms with E-state index in [1.807, 2.05) is 6.07 Å². The summed E-state index contributed by atoms with van der Waals surface area (Å²) in [7, 11) is 0. The smallest absolute Gasteiger partial charge is 0.135 e. The van der Waals surface area contributed by atoms with Gasteiger partial charge in [-0.2, -0.15) is 0 Å². The van der Waals surface area contributed by atoms with Crippen molar-refractivity contribution in [2.45, 2.75) is 38.5 Å². The van der Waals surface area contributed by atoms with Crippen LogP contribution < -0.4 is 5.32 Å². The summed E-state index contributed by atoms with van der Waals surface area (Å²) < 4.78 is 0. The summed E-state index contributed by atoms with van der Waals surface area (Å²) in [6.07, 6.45) is 5.11. The summed E-state index contributed by atoms with van der Waals surface area (Å²) in [4.78, 5) is 11.4. The van der Waals surface area contributed by atoms with Crippen LogP contribution in [0, 0.1) is 5.92 Å². The number of halogens is 1. The van der Waals surface area contributed by atoms with Crippen LogP contribution in [0.5, 0.6) is 0 Å². The molecule has 20 heavy (non-hydrogen) atoms. The maximum atomic E-state index is 6.08. The van der Waals surface area contributed by atoms with Gasteiger partial charge in [0.25, 0.3) is 0 Å². The molecule has 0 aromatic carbocycles. The average molecular weight is 295 g/mol. The molecule has 0 bridgehead atoms. The molecular formula is C15H23ClN4. The van der Waals surface area contributed by atoms with E-state index in [9.17, 15) is 0 Å². The van der Waals surface area contributed by atoms with Crippen molar-refractivity contribution in [2.75, 3.05) is 31.5 Å². The number of aromatic nitrogens is 2. The lowest BCUT2D eigenvalue weighted by Crippen LogP contribution is -2.29. The Morgan fingerprint density at radius 2 is 2.10 bits per heavy atom. The van der Waals surface area contributed by atoms with Crippen LogP contribution in [0.1, 0.15) is 44.3 Å². The van der Waals surface area contributed by atoms with Crippen LogP contribution >= 0.6 is 11.6 Å². The topological polar surface area (TPSA) is 41.1 Å². The minimum Gasteiger partial charge on any atom is -0.370 e. The fraction of sp³-hybridized carbons (Fsp3) is 0.733. The molecule has 0 radical (unpaired) electrons. The van der Waals surface area contributed by atoms with Gasteiger partial charge in [0, 0.05) is 25.1 Å². The van der Waals surface area contributed by atoms with Crippen LogP contribution in [-0.2, 0) is 0 Å². The second-order valence-electron chi connectivity index (χ2n) is 6.20. The zero-order valence-electron chi connectivity index (χ0n) is 12.1. The third-order valence-electron chi connectivity index (χ3n) is 4.05. The van der Waals surface area contributed by atoms with Crippen molar-refractivity contribution in [2.24, 2.45) is 5.92 Å². The second-order valence-corrected chi connectivity index (χ2v) is 6.59. The zero-order chi connectivity index (χ0) is 13.9. The fourth-order valence-corrected chi connectivity index (χ4v) is 2.99. The summed E-state index contributed by atoms with van der Waals surface area (Å²) in [5, 5.41) is 3.97. The van der Waals surface area contributed by atoms with Crippen molar-refractivity contribution in [1.29, 1.82) is 0 Å². The largest absolute Gasteiger partial charge is 0.370 e. The Morgan fingerprint density at radius 3 is 2.80 bits per heavy atom. The lowest BCUT2D eigenvalue weighted by molar-refractivity contribution is 0.294. The normalized spacial score (nSPS) is 21.1. The van der Waals surface area contributed by atoms with Crippen LogP contribution in [0.2, 0.25) is 5.15 Å². The number of likely N-dealkylation sites (tertiary alicyclic amines) is 1. The number of anilines is 1. The first-order valence-corrected chi connectivity index (χ1v) is 8.09. The first-order chi connectivity index (χ1) is 9.70. The van der Waals surface area contributed by atoms with Crippen LogP contribution in [-0.4, -0.2) is 41.0 Å². The standard InChI is InChI=1S/C15H23ClN4/c1-11(10-20-6-2-3-7-20)9-17-14-8-13(16)18-15(19-14)12-4-5-12/h8,11-12H,2-7,9-10H2,1H3,(H,17,18,19). The van der Waals surface area contributed by atoms with E-state index in [-0.39, 0.29) is 0 Å². The fourth-order valence-electron chi connectivity index (χ4n) is 2.80. The zero-order valence-corrected chi connectivity index (χ0v) is 12.9. The summed E-state index contributed by atoms with van der Waals surface area (Å²) in [6.45, 7) is 6.91. The van der Waals surface area contributed by atoms with E-state index in [2.05, 4.69) is 27.1 Å². The molecule has 2 heterocycles. The maximum absolute atomic E-state index is 6.08. The molecule has 1 aliphatic heterocycles. The highest BCUT2D eigenvalue weighted by Crippen LogP contribution is 2.38. The maximum Gasteiger partial charge on any atom is 0.135 e. The molecule has 0 spiro atoms. The Bertz CT molecular complexity index is 455. The Morgan fingerprint density at radius 1 is 1.35 bits per heavy atom. The van der Waals surface area contributed by atoms with E-state index < -0.39 is 0 Å². The highest BCUT2D eigenvalue weighted by molar-refractivity contribution is 6.29. The van der Waals surface area contributed by atoms with Crippen molar-refractivity contribution in [3.05, 3.63) is 17.0 Å². The van der Waals surface area contributed by atoms with Crippen LogP contribution in [0.25, 0.3) is 0 Å². The van der Waals surface area contributed by atoms with Crippen molar-refractivity contribution in [1.82, 2.24) is 14.9 Å². The lowest BCUT2D eigenvalue weighted by Gasteiger charge is -2.20. The molecule has 2 fully saturated rings. The molecule has 3 rings (SSSR count). The molecule has 1 saturated heterocycles. The minimum absolute atomic E-state index is 0.538. The number of hydrogen-bond donors (Lipinski definition) is 1. The van der Waals surface area contributed by atoms with Gasteiger partial charge in [-0.05, 0) is 44.7 Å². The lowest BCUT2D eigenvalue weighted by atomic mass is 10.1. The molecule has 1 unspecified atom stereocenters. The van der Waals surface area contributed by atoms with E-state index in [4.69, 9.17) is 11.6 Å². The second kappa shape index (κ2) is 6.27. The third-order valence-corrected chi connectivity index (χ3v) is 4.25. The predicted octanol–water partition coefficient (Wildman–Crippen LogP) is 3.15. The van der Waals surface area contributed by atoms with E-state index in [1.165, 1.54) is 45.3 Å². The van der Waals surface area contributed by atoms with Gasteiger partial charge in [0.2, 0.25) is 0 Å². The van der Waals surface area contributed by atoms with E-state index in [1.54, 1.807) is 0 Å². The predicted molar refractivity (Wildman–Crippen MR) is 82.3 cm³/mol. The van der Waals surface area contributed by atoms with Gasteiger partial charge in [-0.1, -0.05) is 18.5 Å². The molecule has 0 amide bonds. The number of nitrogens with one attached hydrogen (secondary N) is 1. The Hall–Kier alpha value is -0.870. The minimum atomic E-state index is 0.538. The first-order valence-electron chi connectivity index (χ1n) is 7.71. The third kappa shape index (κ3) is 3.83. The van der Waals surface area contributed by atoms with Gasteiger partial charge in [-0.15, -0.1) is 0 Å². The number of hydrogen-bond acceptors (Lipinski definition) is 4. The van der Waals surface area contributed by atoms with Crippen molar-refractivity contribution >= 4 is 17.4 Å². The molecule has 1 N–H and O–H groups in total. The van der Waals surface area contributed by atoms with Crippen LogP contribution in [0.3, 0.4) is 0 Å². The van der Waals surface area contributed by atoms with Crippen LogP contribution in [0.4, 0.5) is 5.82 Å². The molecule has 110 valence electrons. The SMILES string of the molecule is CC(CNc1cc(Cl)nc(C2CC2)n1)CN1CCCC1. The molecule has 1 atom stereocenters. The van der Waals surface area contributed by atoms with Crippen molar-refractivity contribution < 1.29 is 0 Å². The van der Waals surface area contributed by atoms with Gasteiger partial charge in [0.05, 0.1) is 0 Å². The Kier molecular flexibility index (Phi) is 4.41. The summed E-state index contributed by atoms with van der Waals surface area (Å²) in [5.74, 6) is 2.94. The molecule has 1 saturated carbocycles. The molecular weight excluding hydrogens is 272 g/mol. The number of rotatable bonds is 6. The van der Waals surface area contributed by atoms with Crippen molar-refractivity contribution in [3.63, 3.8) is 0 Å². The monoisotopic (exact) mass is 294 g/mol. The highest BCUT2D eigenvalue weighted by Gasteiger charge is 2.27. The average Bonchev–Trinajstić information content (AvgIpc) is 3.15.